The zero-order valence-electron chi connectivity index (χ0n) is 24.8. The Morgan fingerprint density at radius 3 is 2.27 bits per heavy atom. The number of nitrogen functional groups attached to an aromatic ring is 1. The van der Waals surface area contributed by atoms with E-state index in [4.69, 9.17) is 22.3 Å². The molecule has 2 amide bonds. The number of halogens is 4. The normalized spacial score (nSPS) is 15.3. The summed E-state index contributed by atoms with van der Waals surface area (Å²) < 4.78 is 43.4. The number of hydrogen-bond acceptors (Lipinski definition) is 4. The fraction of sp³-hybridized carbons (Fsp3) is 0.500. The Hall–Kier alpha value is -3.41. The third-order valence-corrected chi connectivity index (χ3v) is 8.60. The summed E-state index contributed by atoms with van der Waals surface area (Å²) in [7, 11) is 0. The van der Waals surface area contributed by atoms with Gasteiger partial charge < -0.3 is 21.7 Å². The average Bonchev–Trinajstić information content (AvgIpc) is 2.98. The molecule has 1 aliphatic carbocycles. The molecule has 2 atom stereocenters. The molecule has 8 nitrogen and oxygen atoms in total. The van der Waals surface area contributed by atoms with Crippen molar-refractivity contribution in [3.05, 3.63) is 69.7 Å². The van der Waals surface area contributed by atoms with Crippen LogP contribution in [0.1, 0.15) is 80.4 Å². The van der Waals surface area contributed by atoms with E-state index in [9.17, 15) is 22.8 Å². The van der Waals surface area contributed by atoms with Crippen LogP contribution in [0.5, 0.6) is 0 Å². The van der Waals surface area contributed by atoms with Gasteiger partial charge in [-0.3, -0.25) is 20.4 Å². The fourth-order valence-electron chi connectivity index (χ4n) is 5.87. The van der Waals surface area contributed by atoms with E-state index in [1.807, 2.05) is 18.2 Å². The smallest absolute Gasteiger partial charge is 0.388 e. The Labute approximate surface area is 265 Å². The molecule has 0 saturated heterocycles. The van der Waals surface area contributed by atoms with Crippen LogP contribution in [-0.2, 0) is 16.0 Å². The van der Waals surface area contributed by atoms with Crippen molar-refractivity contribution in [2.24, 2.45) is 17.4 Å². The SMILES string of the molecule is N=C(N)CCCCCNC(=O)C(C1CCCCC1)N(CC(Cc1ccc(C(=N)N)cc1)c1cccc(Br)c1)C(=O)C(F)(F)F. The molecule has 1 saturated carbocycles. The van der Waals surface area contributed by atoms with Crippen molar-refractivity contribution in [1.82, 2.24) is 10.2 Å². The molecule has 0 bridgehead atoms. The maximum Gasteiger partial charge on any atom is 0.471 e. The maximum absolute atomic E-state index is 14.2. The highest BCUT2D eigenvalue weighted by Gasteiger charge is 2.48. The lowest BCUT2D eigenvalue weighted by Crippen LogP contribution is -2.57. The number of rotatable bonds is 15. The molecule has 240 valence electrons. The number of alkyl halides is 3. The predicted molar refractivity (Wildman–Crippen MR) is 170 cm³/mol. The molecule has 1 aliphatic rings. The van der Waals surface area contributed by atoms with Crippen molar-refractivity contribution in [1.29, 1.82) is 10.8 Å². The molecule has 7 N–H and O–H groups in total. The third-order valence-electron chi connectivity index (χ3n) is 8.11. The van der Waals surface area contributed by atoms with Gasteiger partial charge in [0.15, 0.2) is 0 Å². The Balaban J connectivity index is 1.96. The summed E-state index contributed by atoms with van der Waals surface area (Å²) in [5, 5.41) is 17.8. The monoisotopic (exact) mass is 678 g/mol. The van der Waals surface area contributed by atoms with Gasteiger partial charge in [-0.25, -0.2) is 0 Å². The molecule has 0 radical (unpaired) electrons. The zero-order chi connectivity index (χ0) is 32.3. The second kappa shape index (κ2) is 16.6. The quantitative estimate of drug-likeness (QED) is 0.0891. The topological polar surface area (TPSA) is 149 Å². The van der Waals surface area contributed by atoms with Gasteiger partial charge >= 0.3 is 12.1 Å². The van der Waals surface area contributed by atoms with Crippen LogP contribution < -0.4 is 16.8 Å². The second-order valence-electron chi connectivity index (χ2n) is 11.5. The molecule has 2 aromatic rings. The number of carbonyl (C=O) groups is 2. The Morgan fingerprint density at radius 1 is 1.00 bits per heavy atom. The number of nitrogens with zero attached hydrogens (tertiary/aromatic N) is 1. The van der Waals surface area contributed by atoms with Crippen molar-refractivity contribution in [2.45, 2.75) is 82.3 Å². The van der Waals surface area contributed by atoms with Crippen LogP contribution in [0, 0.1) is 16.7 Å². The van der Waals surface area contributed by atoms with Gasteiger partial charge in [0.05, 0.1) is 5.84 Å². The van der Waals surface area contributed by atoms with Gasteiger partial charge in [-0.05, 0) is 61.3 Å². The number of carbonyl (C=O) groups excluding carboxylic acids is 2. The number of benzene rings is 2. The number of amides is 2. The summed E-state index contributed by atoms with van der Waals surface area (Å²) in [6, 6.07) is 12.9. The molecule has 2 unspecified atom stereocenters. The Morgan fingerprint density at radius 2 is 1.68 bits per heavy atom. The van der Waals surface area contributed by atoms with Gasteiger partial charge in [0.25, 0.3) is 0 Å². The highest BCUT2D eigenvalue weighted by molar-refractivity contribution is 9.10. The molecule has 0 spiro atoms. The zero-order valence-corrected chi connectivity index (χ0v) is 26.4. The molecule has 0 heterocycles. The highest BCUT2D eigenvalue weighted by Crippen LogP contribution is 2.34. The summed E-state index contributed by atoms with van der Waals surface area (Å²) in [6.45, 7) is -0.0536. The van der Waals surface area contributed by atoms with Crippen LogP contribution >= 0.6 is 15.9 Å². The van der Waals surface area contributed by atoms with E-state index in [0.29, 0.717) is 50.5 Å². The van der Waals surface area contributed by atoms with Crippen LogP contribution in [0.25, 0.3) is 0 Å². The molecule has 2 aromatic carbocycles. The molecule has 12 heteroatoms. The minimum Gasteiger partial charge on any atom is -0.388 e. The number of nitrogens with one attached hydrogen (secondary N) is 3. The fourth-order valence-corrected chi connectivity index (χ4v) is 6.29. The Bertz CT molecular complexity index is 1280. The van der Waals surface area contributed by atoms with E-state index < -0.39 is 35.9 Å². The second-order valence-corrected chi connectivity index (χ2v) is 12.4. The summed E-state index contributed by atoms with van der Waals surface area (Å²) in [5.41, 5.74) is 13.0. The van der Waals surface area contributed by atoms with E-state index in [2.05, 4.69) is 21.2 Å². The standard InChI is InChI=1S/C32H42BrF3N6O2/c33-26-11-7-10-24(19-26)25(18-21-13-15-23(16-14-21)29(39)40)20-42(31(44)32(34,35)36)28(22-8-3-1-4-9-22)30(43)41-17-6-2-5-12-27(37)38/h7,10-11,13-16,19,22,25,28H,1-6,8-9,12,17-18,20H2,(H3,37,38)(H3,39,40)(H,41,43). The van der Waals surface area contributed by atoms with Crippen LogP contribution in [0.15, 0.2) is 53.0 Å². The van der Waals surface area contributed by atoms with E-state index in [0.717, 1.165) is 39.8 Å². The predicted octanol–water partition coefficient (Wildman–Crippen LogP) is 6.01. The highest BCUT2D eigenvalue weighted by atomic mass is 79.9. The van der Waals surface area contributed by atoms with Crippen LogP contribution in [-0.4, -0.2) is 53.7 Å². The molecule has 0 aliphatic heterocycles. The maximum atomic E-state index is 14.2. The first-order chi connectivity index (χ1) is 20.9. The van der Waals surface area contributed by atoms with Gasteiger partial charge in [0.1, 0.15) is 11.9 Å². The van der Waals surface area contributed by atoms with Crippen LogP contribution in [0.2, 0.25) is 0 Å². The first-order valence-corrected chi connectivity index (χ1v) is 15.8. The van der Waals surface area contributed by atoms with Crippen molar-refractivity contribution >= 4 is 39.4 Å². The largest absolute Gasteiger partial charge is 0.471 e. The first kappa shape index (κ1) is 35.1. The lowest BCUT2D eigenvalue weighted by molar-refractivity contribution is -0.190. The van der Waals surface area contributed by atoms with Gasteiger partial charge in [-0.2, -0.15) is 13.2 Å². The minimum atomic E-state index is -5.16. The number of hydrogen-bond donors (Lipinski definition) is 5. The van der Waals surface area contributed by atoms with E-state index >= 15 is 0 Å². The number of amidine groups is 2. The minimum absolute atomic E-state index is 0.0856. The molecular formula is C32H42BrF3N6O2. The van der Waals surface area contributed by atoms with Crippen LogP contribution in [0.3, 0.4) is 0 Å². The summed E-state index contributed by atoms with van der Waals surface area (Å²) in [5.74, 6) is -3.56. The first-order valence-electron chi connectivity index (χ1n) is 15.0. The summed E-state index contributed by atoms with van der Waals surface area (Å²) in [4.78, 5) is 27.7. The molecule has 0 aromatic heterocycles. The van der Waals surface area contributed by atoms with Gasteiger partial charge in [-0.15, -0.1) is 0 Å². The molecule has 44 heavy (non-hydrogen) atoms. The average molecular weight is 680 g/mol. The molecule has 3 rings (SSSR count). The van der Waals surface area contributed by atoms with Crippen LogP contribution in [0.4, 0.5) is 13.2 Å². The van der Waals surface area contributed by atoms with Crippen molar-refractivity contribution in [3.63, 3.8) is 0 Å². The van der Waals surface area contributed by atoms with E-state index in [-0.39, 0.29) is 24.8 Å². The van der Waals surface area contributed by atoms with E-state index in [1.54, 1.807) is 30.3 Å². The van der Waals surface area contributed by atoms with Gasteiger partial charge in [0, 0.05) is 35.5 Å². The molecular weight excluding hydrogens is 637 g/mol. The van der Waals surface area contributed by atoms with Crippen molar-refractivity contribution in [2.75, 3.05) is 13.1 Å². The lowest BCUT2D eigenvalue weighted by Gasteiger charge is -2.40. The van der Waals surface area contributed by atoms with Gasteiger partial charge in [0.2, 0.25) is 5.91 Å². The van der Waals surface area contributed by atoms with Crippen molar-refractivity contribution < 1.29 is 22.8 Å². The van der Waals surface area contributed by atoms with Crippen molar-refractivity contribution in [3.8, 4) is 0 Å². The summed E-state index contributed by atoms with van der Waals surface area (Å²) in [6.07, 6.45) is 1.17. The third kappa shape index (κ3) is 10.6. The van der Waals surface area contributed by atoms with E-state index in [1.165, 1.54) is 0 Å². The number of nitrogens with two attached hydrogens (primary N) is 2. The lowest BCUT2D eigenvalue weighted by atomic mass is 9.81. The molecule has 1 fully saturated rings. The number of unbranched alkanes of at least 4 members (excludes halogenated alkanes) is 2. The van der Waals surface area contributed by atoms with Gasteiger partial charge in [-0.1, -0.05) is 78.0 Å². The Kier molecular flexibility index (Phi) is 13.2. The summed E-state index contributed by atoms with van der Waals surface area (Å²) >= 11 is 3.46.